The fraction of sp³-hybridized carbons (Fsp3) is 0.364. The number of benzene rings is 3. The second-order valence-corrected chi connectivity index (χ2v) is 13.0. The number of rotatable bonds is 14. The summed E-state index contributed by atoms with van der Waals surface area (Å²) in [5.41, 5.74) is 5.99. The van der Waals surface area contributed by atoms with Gasteiger partial charge in [0.05, 0.1) is 29.0 Å². The molecule has 2 amide bonds. The molecule has 0 radical (unpaired) electrons. The number of ether oxygens (including phenoxy) is 2. The number of amides is 2. The number of thioether (sulfide) groups is 1. The quantitative estimate of drug-likeness (QED) is 0.0509. The van der Waals surface area contributed by atoms with E-state index in [2.05, 4.69) is 11.4 Å². The van der Waals surface area contributed by atoms with Crippen LogP contribution in [0.25, 0.3) is 10.2 Å². The highest BCUT2D eigenvalue weighted by atomic mass is 32.2. The summed E-state index contributed by atoms with van der Waals surface area (Å²) in [7, 11) is 0. The van der Waals surface area contributed by atoms with Crippen LogP contribution in [-0.2, 0) is 25.7 Å². The van der Waals surface area contributed by atoms with Gasteiger partial charge in [0.1, 0.15) is 0 Å². The zero-order chi connectivity index (χ0) is 30.7. The summed E-state index contributed by atoms with van der Waals surface area (Å²) in [6.45, 7) is -0.0131. The van der Waals surface area contributed by atoms with Crippen LogP contribution in [0.1, 0.15) is 74.0 Å². The fourth-order valence-corrected chi connectivity index (χ4v) is 7.18. The number of aliphatic hydroxyl groups is 1. The third-order valence-electron chi connectivity index (χ3n) is 7.41. The maximum atomic E-state index is 12.6. The second kappa shape index (κ2) is 16.1. The summed E-state index contributed by atoms with van der Waals surface area (Å²) in [6, 6.07) is 23.5. The van der Waals surface area contributed by atoms with Crippen molar-refractivity contribution >= 4 is 50.8 Å². The Morgan fingerprint density at radius 1 is 0.909 bits per heavy atom. The number of aromatic nitrogens is 1. The average molecular weight is 636 g/mol. The third-order valence-corrected chi connectivity index (χ3v) is 9.72. The highest BCUT2D eigenvalue weighted by Crippen LogP contribution is 2.40. The molecule has 0 saturated carbocycles. The van der Waals surface area contributed by atoms with Gasteiger partial charge in [-0.05, 0) is 48.2 Å². The predicted molar refractivity (Wildman–Crippen MR) is 171 cm³/mol. The first-order valence-corrected chi connectivity index (χ1v) is 16.6. The predicted octanol–water partition coefficient (Wildman–Crippen LogP) is 6.91. The third kappa shape index (κ3) is 9.10. The molecule has 1 fully saturated rings. The molecule has 0 unspecified atom stereocenters. The number of unbranched alkanes of at least 4 members (excludes halogenated alkanes) is 3. The largest absolute Gasteiger partial charge is 0.392 e. The van der Waals surface area contributed by atoms with Crippen LogP contribution < -0.4 is 10.8 Å². The number of carbonyl (C=O) groups excluding carboxylic acids is 2. The van der Waals surface area contributed by atoms with Crippen molar-refractivity contribution in [2.75, 3.05) is 11.1 Å². The van der Waals surface area contributed by atoms with Gasteiger partial charge in [-0.2, -0.15) is 0 Å². The van der Waals surface area contributed by atoms with Crippen LogP contribution in [-0.4, -0.2) is 39.0 Å². The molecule has 4 N–H and O–H groups in total. The Hall–Kier alpha value is -3.32. The molecule has 1 aromatic heterocycles. The lowest BCUT2D eigenvalue weighted by atomic mass is 10.0. The molecule has 5 rings (SSSR count). The van der Waals surface area contributed by atoms with Crippen molar-refractivity contribution in [3.63, 3.8) is 0 Å². The van der Waals surface area contributed by atoms with E-state index in [0.717, 1.165) is 44.1 Å². The number of carbonyl (C=O) groups is 2. The van der Waals surface area contributed by atoms with E-state index in [1.165, 1.54) is 0 Å². The van der Waals surface area contributed by atoms with Crippen LogP contribution in [0.4, 0.5) is 5.69 Å². The highest BCUT2D eigenvalue weighted by Gasteiger charge is 2.32. The van der Waals surface area contributed by atoms with Crippen molar-refractivity contribution in [3.8, 4) is 0 Å². The van der Waals surface area contributed by atoms with Crippen molar-refractivity contribution in [1.82, 2.24) is 10.5 Å². The van der Waals surface area contributed by atoms with Crippen LogP contribution >= 0.6 is 23.1 Å². The molecule has 44 heavy (non-hydrogen) atoms. The summed E-state index contributed by atoms with van der Waals surface area (Å²) in [5.74, 6) is 0.247. The Balaban J connectivity index is 1.22. The Morgan fingerprint density at radius 2 is 1.68 bits per heavy atom. The first kappa shape index (κ1) is 32.1. The number of para-hydroxylation sites is 1. The normalized spacial score (nSPS) is 18.3. The van der Waals surface area contributed by atoms with Crippen LogP contribution in [0.15, 0.2) is 77.1 Å². The van der Waals surface area contributed by atoms with Gasteiger partial charge in [-0.3, -0.25) is 14.8 Å². The molecule has 4 aromatic rings. The average Bonchev–Trinajstić information content (AvgIpc) is 3.48. The number of nitrogens with one attached hydrogen (secondary N) is 2. The van der Waals surface area contributed by atoms with E-state index in [-0.39, 0.29) is 31.1 Å². The van der Waals surface area contributed by atoms with E-state index >= 15 is 0 Å². The number of fused-ring (bicyclic) bond motifs is 1. The molecule has 11 heteroatoms. The molecule has 1 aliphatic heterocycles. The van der Waals surface area contributed by atoms with Crippen molar-refractivity contribution in [2.24, 2.45) is 0 Å². The molecule has 9 nitrogen and oxygen atoms in total. The van der Waals surface area contributed by atoms with Crippen LogP contribution in [0.3, 0.4) is 0 Å². The number of nitrogens with zero attached hydrogens (tertiary/aromatic N) is 1. The van der Waals surface area contributed by atoms with Gasteiger partial charge >= 0.3 is 0 Å². The topological polar surface area (TPSA) is 130 Å². The van der Waals surface area contributed by atoms with Gasteiger partial charge in [0.15, 0.2) is 10.6 Å². The summed E-state index contributed by atoms with van der Waals surface area (Å²) in [6.07, 6.45) is 3.42. The van der Waals surface area contributed by atoms with Gasteiger partial charge in [0.25, 0.3) is 0 Å². The van der Waals surface area contributed by atoms with Gasteiger partial charge in [-0.25, -0.2) is 10.5 Å². The van der Waals surface area contributed by atoms with E-state index in [0.29, 0.717) is 37.1 Å². The Morgan fingerprint density at radius 3 is 2.43 bits per heavy atom. The number of hydrogen-bond acceptors (Lipinski definition) is 9. The van der Waals surface area contributed by atoms with Crippen molar-refractivity contribution in [2.45, 2.75) is 74.4 Å². The number of thiazole rings is 1. The van der Waals surface area contributed by atoms with Gasteiger partial charge < -0.3 is 19.9 Å². The van der Waals surface area contributed by atoms with E-state index in [4.69, 9.17) is 19.7 Å². The van der Waals surface area contributed by atoms with Crippen molar-refractivity contribution in [1.29, 1.82) is 0 Å². The second-order valence-electron chi connectivity index (χ2n) is 10.7. The highest BCUT2D eigenvalue weighted by molar-refractivity contribution is 8.01. The number of aliphatic hydroxyl groups excluding tert-OH is 1. The summed E-state index contributed by atoms with van der Waals surface area (Å²) < 4.78 is 15.1. The maximum Gasteiger partial charge on any atom is 0.243 e. The van der Waals surface area contributed by atoms with Gasteiger partial charge in [0, 0.05) is 36.3 Å². The monoisotopic (exact) mass is 635 g/mol. The fourth-order valence-electron chi connectivity index (χ4n) is 5.07. The Bertz CT molecular complexity index is 1500. The van der Waals surface area contributed by atoms with Crippen molar-refractivity contribution in [3.05, 3.63) is 89.5 Å². The van der Waals surface area contributed by atoms with E-state index in [1.807, 2.05) is 66.7 Å². The summed E-state index contributed by atoms with van der Waals surface area (Å²) in [5, 5.41) is 21.0. The lowest BCUT2D eigenvalue weighted by Crippen LogP contribution is -2.31. The molecular formula is C33H37N3O6S2. The lowest BCUT2D eigenvalue weighted by Gasteiger charge is -2.36. The zero-order valence-corrected chi connectivity index (χ0v) is 25.9. The molecule has 232 valence electrons. The minimum Gasteiger partial charge on any atom is -0.392 e. The molecule has 3 aromatic carbocycles. The van der Waals surface area contributed by atoms with Crippen LogP contribution in [0, 0.1) is 0 Å². The number of hydroxylamine groups is 1. The lowest BCUT2D eigenvalue weighted by molar-refractivity contribution is -0.245. The van der Waals surface area contributed by atoms with E-state index < -0.39 is 12.2 Å². The number of hydrogen-bond donors (Lipinski definition) is 4. The maximum absolute atomic E-state index is 12.6. The molecule has 1 saturated heterocycles. The SMILES string of the molecule is O=C(CCCCCCC(=O)Nc1cccc([C@@H]2O[C@H](CSc3nc4ccccc4s3)C[C@H](c3ccc(CO)cc3)O2)c1)NO. The van der Waals surface area contributed by atoms with Crippen molar-refractivity contribution < 1.29 is 29.4 Å². The Labute approximate surface area is 265 Å². The molecular weight excluding hydrogens is 599 g/mol. The van der Waals surface area contributed by atoms with Gasteiger partial charge in [0.2, 0.25) is 11.8 Å². The standard InChI is InChI=1S/C33H37N3O6S2/c37-20-22-14-16-23(17-15-22)28-19-26(21-43-33-35-27-10-5-6-11-29(27)44-33)41-32(42-28)24-8-7-9-25(18-24)34-30(38)12-3-1-2-4-13-31(39)36-40/h5-11,14-18,26,28,32,37,40H,1-4,12-13,19-21H2,(H,34,38)(H,36,39)/t26-,28+,32+/m0/s1. The van der Waals surface area contributed by atoms with Crippen LogP contribution in [0.5, 0.6) is 0 Å². The van der Waals surface area contributed by atoms with Crippen LogP contribution in [0.2, 0.25) is 0 Å². The number of anilines is 1. The molecule has 0 aliphatic carbocycles. The molecule has 2 heterocycles. The smallest absolute Gasteiger partial charge is 0.243 e. The minimum atomic E-state index is -0.625. The molecule has 3 atom stereocenters. The summed E-state index contributed by atoms with van der Waals surface area (Å²) >= 11 is 3.36. The first-order valence-electron chi connectivity index (χ1n) is 14.8. The zero-order valence-electron chi connectivity index (χ0n) is 24.3. The minimum absolute atomic E-state index is 0.0131. The van der Waals surface area contributed by atoms with Gasteiger partial charge in [-0.1, -0.05) is 73.1 Å². The molecule has 0 bridgehead atoms. The molecule has 1 aliphatic rings. The Kier molecular flexibility index (Phi) is 11.8. The van der Waals surface area contributed by atoms with E-state index in [9.17, 15) is 14.7 Å². The van der Waals surface area contributed by atoms with Gasteiger partial charge in [-0.15, -0.1) is 11.3 Å². The first-order chi connectivity index (χ1) is 21.5. The van der Waals surface area contributed by atoms with E-state index in [1.54, 1.807) is 28.6 Å². The molecule has 0 spiro atoms. The summed E-state index contributed by atoms with van der Waals surface area (Å²) in [4.78, 5) is 28.5.